The molecule has 2 aliphatic heterocycles. The fraction of sp³-hybridized carbons (Fsp3) is 0.292. The normalized spacial score (nSPS) is 17.2. The summed E-state index contributed by atoms with van der Waals surface area (Å²) in [4.78, 5) is 14.7. The Labute approximate surface area is 197 Å². The molecule has 0 bridgehead atoms. The van der Waals surface area contributed by atoms with Crippen molar-refractivity contribution >= 4 is 21.7 Å². The fourth-order valence-corrected chi connectivity index (χ4v) is 6.36. The van der Waals surface area contributed by atoms with Crippen molar-refractivity contribution in [3.63, 3.8) is 0 Å². The molecule has 5 rings (SSSR count). The maximum atomic E-state index is 13.0. The molecule has 2 fully saturated rings. The third-order valence-electron chi connectivity index (χ3n) is 6.36. The van der Waals surface area contributed by atoms with Crippen molar-refractivity contribution in [2.24, 2.45) is 5.41 Å². The molecular weight excluding hydrogens is 457 g/mol. The quantitative estimate of drug-likeness (QED) is 0.581. The zero-order chi connectivity index (χ0) is 23.9. The molecule has 1 spiro atoms. The van der Waals surface area contributed by atoms with E-state index in [9.17, 15) is 17.6 Å². The molecule has 0 atom stereocenters. The third kappa shape index (κ3) is 4.14. The molecule has 3 heterocycles. The smallest absolute Gasteiger partial charge is 0.272 e. The molecule has 34 heavy (non-hydrogen) atoms. The molecule has 1 aromatic heterocycles. The summed E-state index contributed by atoms with van der Waals surface area (Å²) < 4.78 is 40.3. The van der Waals surface area contributed by atoms with Gasteiger partial charge in [-0.2, -0.15) is 4.31 Å². The second-order valence-corrected chi connectivity index (χ2v) is 10.9. The molecule has 0 unspecified atom stereocenters. The van der Waals surface area contributed by atoms with Crippen LogP contribution in [0.3, 0.4) is 0 Å². The first-order chi connectivity index (χ1) is 16.3. The van der Waals surface area contributed by atoms with Crippen LogP contribution in [0.4, 0.5) is 10.2 Å². The lowest BCUT2D eigenvalue weighted by atomic mass is 9.74. The number of aromatic nitrogens is 2. The third-order valence-corrected chi connectivity index (χ3v) is 8.31. The minimum atomic E-state index is -3.48. The van der Waals surface area contributed by atoms with Crippen LogP contribution in [0.25, 0.3) is 0 Å². The predicted molar refractivity (Wildman–Crippen MR) is 124 cm³/mol. The SMILES string of the molecule is Cc1ccccc1S(=O)(=O)N1CC2(CN(c3ccc(C(=O)NCc4ccc(F)cc4)nn3)C2)C1. The van der Waals surface area contributed by atoms with Crippen LogP contribution in [0.15, 0.2) is 65.6 Å². The largest absolute Gasteiger partial charge is 0.354 e. The van der Waals surface area contributed by atoms with Gasteiger partial charge in [0, 0.05) is 38.1 Å². The number of amides is 1. The number of aryl methyl sites for hydroxylation is 1. The van der Waals surface area contributed by atoms with E-state index < -0.39 is 10.0 Å². The standard InChI is InChI=1S/C24H24FN5O3S/c1-17-4-2-3-5-21(17)34(32,33)30-15-24(16-30)13-29(14-24)22-11-10-20(27-28-22)23(31)26-12-18-6-8-19(25)9-7-18/h2-11H,12-16H2,1H3,(H,26,31). The first-order valence-corrected chi connectivity index (χ1v) is 12.4. The van der Waals surface area contributed by atoms with Gasteiger partial charge in [-0.25, -0.2) is 12.8 Å². The Balaban J connectivity index is 1.14. The Morgan fingerprint density at radius 2 is 1.71 bits per heavy atom. The molecule has 10 heteroatoms. The van der Waals surface area contributed by atoms with Gasteiger partial charge >= 0.3 is 0 Å². The number of nitrogens with zero attached hydrogens (tertiary/aromatic N) is 4. The highest BCUT2D eigenvalue weighted by molar-refractivity contribution is 7.89. The molecule has 0 radical (unpaired) electrons. The summed E-state index contributed by atoms with van der Waals surface area (Å²) >= 11 is 0. The van der Waals surface area contributed by atoms with Gasteiger partial charge in [0.15, 0.2) is 11.5 Å². The summed E-state index contributed by atoms with van der Waals surface area (Å²) in [6.07, 6.45) is 0. The summed E-state index contributed by atoms with van der Waals surface area (Å²) in [5.41, 5.74) is 1.66. The van der Waals surface area contributed by atoms with E-state index >= 15 is 0 Å². The first-order valence-electron chi connectivity index (χ1n) is 10.9. The Hall–Kier alpha value is -3.37. The zero-order valence-electron chi connectivity index (χ0n) is 18.6. The summed E-state index contributed by atoms with van der Waals surface area (Å²) in [6, 6.07) is 16.3. The number of hydrogen-bond donors (Lipinski definition) is 1. The number of rotatable bonds is 6. The molecular formula is C24H24FN5O3S. The van der Waals surface area contributed by atoms with Crippen molar-refractivity contribution in [3.05, 3.63) is 83.3 Å². The van der Waals surface area contributed by atoms with Crippen molar-refractivity contribution in [1.29, 1.82) is 0 Å². The van der Waals surface area contributed by atoms with E-state index in [4.69, 9.17) is 0 Å². The van der Waals surface area contributed by atoms with Crippen LogP contribution in [0.1, 0.15) is 21.6 Å². The number of carbonyl (C=O) groups is 1. The lowest BCUT2D eigenvalue weighted by Crippen LogP contribution is -2.73. The number of hydrogen-bond acceptors (Lipinski definition) is 6. The van der Waals surface area contributed by atoms with E-state index in [2.05, 4.69) is 15.5 Å². The van der Waals surface area contributed by atoms with Crippen molar-refractivity contribution in [1.82, 2.24) is 19.8 Å². The van der Waals surface area contributed by atoms with Crippen LogP contribution in [-0.2, 0) is 16.6 Å². The Morgan fingerprint density at radius 3 is 2.35 bits per heavy atom. The molecule has 8 nitrogen and oxygen atoms in total. The second kappa shape index (κ2) is 8.44. The number of anilines is 1. The van der Waals surface area contributed by atoms with Crippen LogP contribution in [-0.4, -0.2) is 55.0 Å². The van der Waals surface area contributed by atoms with Crippen molar-refractivity contribution in [2.75, 3.05) is 31.1 Å². The van der Waals surface area contributed by atoms with Crippen LogP contribution in [0, 0.1) is 18.2 Å². The molecule has 1 N–H and O–H groups in total. The average molecular weight is 482 g/mol. The zero-order valence-corrected chi connectivity index (χ0v) is 19.4. The van der Waals surface area contributed by atoms with Gasteiger partial charge in [0.25, 0.3) is 5.91 Å². The molecule has 2 aliphatic rings. The summed E-state index contributed by atoms with van der Waals surface area (Å²) in [7, 11) is -3.48. The Morgan fingerprint density at radius 1 is 1.00 bits per heavy atom. The van der Waals surface area contributed by atoms with Gasteiger partial charge in [0.05, 0.1) is 4.90 Å². The second-order valence-electron chi connectivity index (χ2n) is 8.98. The lowest BCUT2D eigenvalue weighted by Gasteiger charge is -2.59. The predicted octanol–water partition coefficient (Wildman–Crippen LogP) is 2.37. The Kier molecular flexibility index (Phi) is 5.57. The first kappa shape index (κ1) is 22.4. The highest BCUT2D eigenvalue weighted by Gasteiger charge is 2.55. The van der Waals surface area contributed by atoms with Crippen molar-refractivity contribution in [3.8, 4) is 0 Å². The number of nitrogens with one attached hydrogen (secondary N) is 1. The molecule has 176 valence electrons. The lowest BCUT2D eigenvalue weighted by molar-refractivity contribution is 0.0388. The van der Waals surface area contributed by atoms with Gasteiger partial charge in [-0.3, -0.25) is 4.79 Å². The molecule has 3 aromatic rings. The van der Waals surface area contributed by atoms with Gasteiger partial charge in [-0.15, -0.1) is 10.2 Å². The van der Waals surface area contributed by atoms with Crippen LogP contribution < -0.4 is 10.2 Å². The van der Waals surface area contributed by atoms with Crippen molar-refractivity contribution in [2.45, 2.75) is 18.4 Å². The number of sulfonamides is 1. The van der Waals surface area contributed by atoms with Crippen LogP contribution in [0.2, 0.25) is 0 Å². The number of halogens is 1. The average Bonchev–Trinajstić information content (AvgIpc) is 2.77. The number of carbonyl (C=O) groups excluding carboxylic acids is 1. The van der Waals surface area contributed by atoms with Crippen molar-refractivity contribution < 1.29 is 17.6 Å². The van der Waals surface area contributed by atoms with Crippen LogP contribution >= 0.6 is 0 Å². The topological polar surface area (TPSA) is 95.5 Å². The molecule has 1 amide bonds. The van der Waals surface area contributed by atoms with Gasteiger partial charge in [0.1, 0.15) is 5.82 Å². The minimum absolute atomic E-state index is 0.0668. The van der Waals surface area contributed by atoms with Gasteiger partial charge in [-0.1, -0.05) is 30.3 Å². The summed E-state index contributed by atoms with van der Waals surface area (Å²) in [6.45, 7) is 4.42. The Bertz CT molecular complexity index is 1320. The van der Waals surface area contributed by atoms with E-state index in [0.717, 1.165) is 11.1 Å². The van der Waals surface area contributed by atoms with Gasteiger partial charge in [-0.05, 0) is 48.4 Å². The minimum Gasteiger partial charge on any atom is -0.354 e. The van der Waals surface area contributed by atoms with E-state index in [1.807, 2.05) is 11.0 Å². The molecule has 2 saturated heterocycles. The summed E-state index contributed by atoms with van der Waals surface area (Å²) in [5.74, 6) is -0.0350. The van der Waals surface area contributed by atoms with Gasteiger partial charge in [0.2, 0.25) is 10.0 Å². The monoisotopic (exact) mass is 481 g/mol. The number of benzene rings is 2. The maximum absolute atomic E-state index is 13.0. The molecule has 0 saturated carbocycles. The molecule has 2 aromatic carbocycles. The van der Waals surface area contributed by atoms with E-state index in [-0.39, 0.29) is 29.4 Å². The van der Waals surface area contributed by atoms with E-state index in [1.54, 1.807) is 49.4 Å². The highest BCUT2D eigenvalue weighted by Crippen LogP contribution is 2.43. The highest BCUT2D eigenvalue weighted by atomic mass is 32.2. The maximum Gasteiger partial charge on any atom is 0.272 e. The van der Waals surface area contributed by atoms with E-state index in [1.165, 1.54) is 16.4 Å². The van der Waals surface area contributed by atoms with Gasteiger partial charge < -0.3 is 10.2 Å². The molecule has 0 aliphatic carbocycles. The van der Waals surface area contributed by atoms with Crippen LogP contribution in [0.5, 0.6) is 0 Å². The summed E-state index contributed by atoms with van der Waals surface area (Å²) in [5, 5.41) is 10.9. The fourth-order valence-electron chi connectivity index (χ4n) is 4.47. The van der Waals surface area contributed by atoms with E-state index in [0.29, 0.717) is 36.9 Å².